The van der Waals surface area contributed by atoms with E-state index in [1.807, 2.05) is 28.2 Å². The van der Waals surface area contributed by atoms with Crippen LogP contribution in [0.2, 0.25) is 0 Å². The first-order valence-electron chi connectivity index (χ1n) is 6.70. The van der Waals surface area contributed by atoms with E-state index in [1.165, 1.54) is 16.7 Å². The van der Waals surface area contributed by atoms with Gasteiger partial charge < -0.3 is 4.90 Å². The van der Waals surface area contributed by atoms with Crippen molar-refractivity contribution < 1.29 is 4.58 Å². The van der Waals surface area contributed by atoms with Gasteiger partial charge in [-0.15, -0.1) is 0 Å². The molecule has 0 aromatic heterocycles. The van der Waals surface area contributed by atoms with Gasteiger partial charge in [-0.1, -0.05) is 45.0 Å². The quantitative estimate of drug-likeness (QED) is 0.596. The van der Waals surface area contributed by atoms with Crippen LogP contribution in [-0.4, -0.2) is 43.9 Å². The highest BCUT2D eigenvalue weighted by Gasteiger charge is 2.13. The number of hydrogen-bond acceptors (Lipinski definition) is 1. The molecule has 104 valence electrons. The molecular weight excluding hydrogens is 232 g/mol. The summed E-state index contributed by atoms with van der Waals surface area (Å²) in [6, 6.07) is 8.86. The van der Waals surface area contributed by atoms with Gasteiger partial charge in [0.15, 0.2) is 6.21 Å². The molecule has 19 heavy (non-hydrogen) atoms. The van der Waals surface area contributed by atoms with Crippen molar-refractivity contribution in [2.45, 2.75) is 26.2 Å². The van der Waals surface area contributed by atoms with E-state index in [0.29, 0.717) is 0 Å². The minimum Gasteiger partial charge on any atom is -0.383 e. The summed E-state index contributed by atoms with van der Waals surface area (Å²) in [5, 5.41) is 0. The molecule has 0 fully saturated rings. The van der Waals surface area contributed by atoms with Crippen molar-refractivity contribution in [3.8, 4) is 0 Å². The third-order valence-electron chi connectivity index (χ3n) is 2.88. The molecule has 0 amide bonds. The van der Waals surface area contributed by atoms with Crippen LogP contribution in [0.25, 0.3) is 5.57 Å². The van der Waals surface area contributed by atoms with E-state index in [2.05, 4.69) is 66.9 Å². The van der Waals surface area contributed by atoms with Gasteiger partial charge in [0.05, 0.1) is 5.57 Å². The Morgan fingerprint density at radius 2 is 1.58 bits per heavy atom. The highest BCUT2D eigenvalue weighted by molar-refractivity contribution is 6.07. The van der Waals surface area contributed by atoms with Gasteiger partial charge in [-0.05, 0) is 16.5 Å². The predicted octanol–water partition coefficient (Wildman–Crippen LogP) is 3.23. The molecular formula is C17H27N2+. The van der Waals surface area contributed by atoms with E-state index < -0.39 is 0 Å². The zero-order chi connectivity index (χ0) is 14.6. The summed E-state index contributed by atoms with van der Waals surface area (Å²) in [5.74, 6) is 0. The normalized spacial score (nSPS) is 12.3. The maximum Gasteiger partial charge on any atom is 0.172 e. The highest BCUT2D eigenvalue weighted by Crippen LogP contribution is 2.24. The van der Waals surface area contributed by atoms with E-state index in [0.717, 1.165) is 0 Å². The second-order valence-corrected chi connectivity index (χ2v) is 6.47. The Morgan fingerprint density at radius 3 is 1.95 bits per heavy atom. The van der Waals surface area contributed by atoms with E-state index >= 15 is 0 Å². The molecule has 0 aliphatic rings. The molecule has 0 heterocycles. The van der Waals surface area contributed by atoms with Crippen LogP contribution in [0.5, 0.6) is 0 Å². The van der Waals surface area contributed by atoms with E-state index in [-0.39, 0.29) is 5.41 Å². The zero-order valence-corrected chi connectivity index (χ0v) is 13.4. The van der Waals surface area contributed by atoms with Crippen LogP contribution in [-0.2, 0) is 5.41 Å². The fourth-order valence-corrected chi connectivity index (χ4v) is 1.90. The fourth-order valence-electron chi connectivity index (χ4n) is 1.90. The number of allylic oxidation sites excluding steroid dienone is 1. The van der Waals surface area contributed by atoms with Crippen molar-refractivity contribution >= 4 is 11.8 Å². The molecule has 1 aromatic rings. The first-order valence-corrected chi connectivity index (χ1v) is 6.70. The van der Waals surface area contributed by atoms with Crippen LogP contribution in [0.3, 0.4) is 0 Å². The van der Waals surface area contributed by atoms with E-state index in [9.17, 15) is 0 Å². The minimum absolute atomic E-state index is 0.204. The maximum atomic E-state index is 2.24. The van der Waals surface area contributed by atoms with Gasteiger partial charge in [0, 0.05) is 20.3 Å². The van der Waals surface area contributed by atoms with Gasteiger partial charge in [-0.25, -0.2) is 4.58 Å². The molecule has 2 nitrogen and oxygen atoms in total. The average Bonchev–Trinajstić information content (AvgIpc) is 2.26. The minimum atomic E-state index is 0.204. The number of benzene rings is 1. The van der Waals surface area contributed by atoms with Gasteiger partial charge in [-0.2, -0.15) is 0 Å². The molecule has 0 bridgehead atoms. The van der Waals surface area contributed by atoms with Crippen LogP contribution in [0.1, 0.15) is 31.9 Å². The molecule has 2 heteroatoms. The van der Waals surface area contributed by atoms with Crippen LogP contribution in [0, 0.1) is 0 Å². The summed E-state index contributed by atoms with van der Waals surface area (Å²) in [6.07, 6.45) is 4.29. The third-order valence-corrected chi connectivity index (χ3v) is 2.88. The van der Waals surface area contributed by atoms with Crippen molar-refractivity contribution in [1.82, 2.24) is 4.90 Å². The van der Waals surface area contributed by atoms with Crippen LogP contribution in [0.15, 0.2) is 30.5 Å². The van der Waals surface area contributed by atoms with Crippen molar-refractivity contribution in [2.75, 3.05) is 28.2 Å². The average molecular weight is 259 g/mol. The predicted molar refractivity (Wildman–Crippen MR) is 85.0 cm³/mol. The molecule has 0 radical (unpaired) electrons. The summed E-state index contributed by atoms with van der Waals surface area (Å²) in [7, 11) is 8.19. The van der Waals surface area contributed by atoms with Gasteiger partial charge >= 0.3 is 0 Å². The standard InChI is InChI=1S/C17H27N2/c1-17(2,3)16-10-8-14(9-11-16)15(12-18(4)5)13-19(6)7/h8-13H,1-7H3/q+1. The maximum absolute atomic E-state index is 2.24. The smallest absolute Gasteiger partial charge is 0.172 e. The molecule has 0 saturated heterocycles. The van der Waals surface area contributed by atoms with Crippen LogP contribution >= 0.6 is 0 Å². The molecule has 0 aliphatic heterocycles. The first-order chi connectivity index (χ1) is 8.70. The van der Waals surface area contributed by atoms with E-state index in [4.69, 9.17) is 0 Å². The van der Waals surface area contributed by atoms with E-state index in [1.54, 1.807) is 0 Å². The molecule has 0 unspecified atom stereocenters. The number of nitrogens with zero attached hydrogens (tertiary/aromatic N) is 2. The molecule has 0 N–H and O–H groups in total. The van der Waals surface area contributed by atoms with Crippen LogP contribution in [0.4, 0.5) is 0 Å². The molecule has 0 saturated carbocycles. The van der Waals surface area contributed by atoms with Gasteiger partial charge in [0.25, 0.3) is 0 Å². The summed E-state index contributed by atoms with van der Waals surface area (Å²) >= 11 is 0. The summed E-state index contributed by atoms with van der Waals surface area (Å²) in [4.78, 5) is 2.08. The number of hydrogen-bond donors (Lipinski definition) is 0. The highest BCUT2D eigenvalue weighted by atomic mass is 15.0. The monoisotopic (exact) mass is 259 g/mol. The summed E-state index contributed by atoms with van der Waals surface area (Å²) < 4.78 is 2.08. The van der Waals surface area contributed by atoms with Crippen molar-refractivity contribution in [1.29, 1.82) is 0 Å². The van der Waals surface area contributed by atoms with Gasteiger partial charge in [-0.3, -0.25) is 0 Å². The Balaban J connectivity index is 3.16. The SMILES string of the molecule is CN(C)/C=C(/C=[N+](C)C)c1ccc(C(C)(C)C)cc1. The second-order valence-electron chi connectivity index (χ2n) is 6.47. The lowest BCUT2D eigenvalue weighted by Gasteiger charge is -2.19. The van der Waals surface area contributed by atoms with Crippen molar-refractivity contribution in [2.24, 2.45) is 0 Å². The molecule has 0 atom stereocenters. The lowest BCUT2D eigenvalue weighted by atomic mass is 9.86. The second kappa shape index (κ2) is 6.05. The Bertz CT molecular complexity index is 467. The van der Waals surface area contributed by atoms with Crippen molar-refractivity contribution in [3.05, 3.63) is 41.6 Å². The van der Waals surface area contributed by atoms with Gasteiger partial charge in [0.2, 0.25) is 0 Å². The molecule has 0 spiro atoms. The topological polar surface area (TPSA) is 6.25 Å². The molecule has 0 aliphatic carbocycles. The lowest BCUT2D eigenvalue weighted by Crippen LogP contribution is -2.11. The molecule has 1 rings (SSSR count). The van der Waals surface area contributed by atoms with Crippen LogP contribution < -0.4 is 0 Å². The summed E-state index contributed by atoms with van der Waals surface area (Å²) in [6.45, 7) is 6.72. The largest absolute Gasteiger partial charge is 0.383 e. The molecule has 1 aromatic carbocycles. The zero-order valence-electron chi connectivity index (χ0n) is 13.4. The Kier molecular flexibility index (Phi) is 4.93. The first kappa shape index (κ1) is 15.5. The third kappa shape index (κ3) is 4.90. The van der Waals surface area contributed by atoms with Gasteiger partial charge in [0.1, 0.15) is 14.1 Å². The summed E-state index contributed by atoms with van der Waals surface area (Å²) in [5.41, 5.74) is 4.03. The Hall–Kier alpha value is -1.57. The van der Waals surface area contributed by atoms with Crippen molar-refractivity contribution in [3.63, 3.8) is 0 Å². The lowest BCUT2D eigenvalue weighted by molar-refractivity contribution is -0.458. The fraction of sp³-hybridized carbons (Fsp3) is 0.471. The number of rotatable bonds is 3. The Labute approximate surface area is 118 Å². The Morgan fingerprint density at radius 1 is 1.05 bits per heavy atom.